The molecule has 0 spiro atoms. The second-order valence-corrected chi connectivity index (χ2v) is 5.56. The Hall–Kier alpha value is -1.30. The van der Waals surface area contributed by atoms with Crippen LogP contribution in [0.2, 0.25) is 10.0 Å². The van der Waals surface area contributed by atoms with Gasteiger partial charge in [-0.15, -0.1) is 0 Å². The van der Waals surface area contributed by atoms with Crippen LogP contribution in [0.4, 0.5) is 5.69 Å². The lowest BCUT2D eigenvalue weighted by molar-refractivity contribution is -0.386. The SMILES string of the molecule is O=[N+]([O-])c1cc(CBr)ccc1OCc1c(Cl)cccc1Cl. The van der Waals surface area contributed by atoms with Gasteiger partial charge in [0.1, 0.15) is 6.61 Å². The molecule has 0 heterocycles. The highest BCUT2D eigenvalue weighted by atomic mass is 79.9. The summed E-state index contributed by atoms with van der Waals surface area (Å²) in [5.41, 5.74) is 1.31. The number of hydrogen-bond donors (Lipinski definition) is 0. The van der Waals surface area contributed by atoms with Crippen LogP contribution in [0.15, 0.2) is 36.4 Å². The maximum atomic E-state index is 11.1. The number of nitro groups is 1. The molecule has 0 fully saturated rings. The van der Waals surface area contributed by atoms with Gasteiger partial charge in [0.2, 0.25) is 0 Å². The first-order valence-electron chi connectivity index (χ1n) is 5.92. The molecule has 0 saturated carbocycles. The van der Waals surface area contributed by atoms with Crippen molar-refractivity contribution in [1.29, 1.82) is 0 Å². The molecule has 0 aromatic heterocycles. The molecule has 0 unspecified atom stereocenters. The first-order valence-corrected chi connectivity index (χ1v) is 7.79. The number of nitrogens with zero attached hydrogens (tertiary/aromatic N) is 1. The van der Waals surface area contributed by atoms with Crippen LogP contribution in [0.25, 0.3) is 0 Å². The normalized spacial score (nSPS) is 10.4. The molecule has 0 atom stereocenters. The summed E-state index contributed by atoms with van der Waals surface area (Å²) in [6, 6.07) is 9.90. The average Bonchev–Trinajstić information content (AvgIpc) is 2.46. The lowest BCUT2D eigenvalue weighted by Gasteiger charge is -2.10. The van der Waals surface area contributed by atoms with Gasteiger partial charge in [0.25, 0.3) is 0 Å². The first-order chi connectivity index (χ1) is 10.0. The van der Waals surface area contributed by atoms with E-state index in [-0.39, 0.29) is 18.0 Å². The third-order valence-electron chi connectivity index (χ3n) is 2.81. The molecule has 0 radical (unpaired) electrons. The van der Waals surface area contributed by atoms with Gasteiger partial charge in [-0.05, 0) is 23.8 Å². The van der Waals surface area contributed by atoms with Gasteiger partial charge in [-0.1, -0.05) is 51.3 Å². The second-order valence-electron chi connectivity index (χ2n) is 4.18. The zero-order valence-corrected chi connectivity index (χ0v) is 13.8. The van der Waals surface area contributed by atoms with Crippen molar-refractivity contribution in [1.82, 2.24) is 0 Å². The highest BCUT2D eigenvalue weighted by Gasteiger charge is 2.17. The van der Waals surface area contributed by atoms with Gasteiger partial charge >= 0.3 is 5.69 Å². The highest BCUT2D eigenvalue weighted by Crippen LogP contribution is 2.31. The predicted molar refractivity (Wildman–Crippen MR) is 86.5 cm³/mol. The smallest absolute Gasteiger partial charge is 0.311 e. The lowest BCUT2D eigenvalue weighted by atomic mass is 10.2. The molecule has 0 aliphatic heterocycles. The fourth-order valence-electron chi connectivity index (χ4n) is 1.73. The number of ether oxygens (including phenoxy) is 1. The third kappa shape index (κ3) is 3.87. The average molecular weight is 391 g/mol. The highest BCUT2D eigenvalue weighted by molar-refractivity contribution is 9.08. The molecule has 2 aromatic carbocycles. The topological polar surface area (TPSA) is 52.4 Å². The molecule has 4 nitrogen and oxygen atoms in total. The molecular formula is C14H10BrCl2NO3. The van der Waals surface area contributed by atoms with E-state index in [1.54, 1.807) is 30.3 Å². The van der Waals surface area contributed by atoms with Crippen molar-refractivity contribution in [3.63, 3.8) is 0 Å². The maximum absolute atomic E-state index is 11.1. The van der Waals surface area contributed by atoms with Gasteiger partial charge in [0.05, 0.1) is 4.92 Å². The fourth-order valence-corrected chi connectivity index (χ4v) is 2.59. The molecule has 2 aromatic rings. The van der Waals surface area contributed by atoms with Crippen LogP contribution in [0.3, 0.4) is 0 Å². The predicted octanol–water partition coefficient (Wildman–Crippen LogP) is 5.38. The minimum Gasteiger partial charge on any atom is -0.482 e. The van der Waals surface area contributed by atoms with Gasteiger partial charge in [0, 0.05) is 27.0 Å². The Bertz CT molecular complexity index is 659. The zero-order chi connectivity index (χ0) is 15.4. The molecule has 0 N–H and O–H groups in total. The minimum atomic E-state index is -0.476. The van der Waals surface area contributed by atoms with E-state index >= 15 is 0 Å². The minimum absolute atomic E-state index is 0.0625. The number of halogens is 3. The van der Waals surface area contributed by atoms with E-state index < -0.39 is 4.92 Å². The van der Waals surface area contributed by atoms with Crippen molar-refractivity contribution < 1.29 is 9.66 Å². The Kier molecular flexibility index (Phi) is 5.45. The zero-order valence-electron chi connectivity index (χ0n) is 10.7. The van der Waals surface area contributed by atoms with Crippen LogP contribution in [-0.4, -0.2) is 4.92 Å². The third-order valence-corrected chi connectivity index (χ3v) is 4.16. The maximum Gasteiger partial charge on any atom is 0.311 e. The van der Waals surface area contributed by atoms with Gasteiger partial charge in [-0.3, -0.25) is 10.1 Å². The summed E-state index contributed by atoms with van der Waals surface area (Å²) in [7, 11) is 0. The van der Waals surface area contributed by atoms with E-state index in [1.165, 1.54) is 6.07 Å². The van der Waals surface area contributed by atoms with E-state index in [0.717, 1.165) is 5.56 Å². The van der Waals surface area contributed by atoms with Crippen LogP contribution < -0.4 is 4.74 Å². The summed E-state index contributed by atoms with van der Waals surface area (Å²) in [6.45, 7) is 0.0625. The standard InChI is InChI=1S/C14H10BrCl2NO3/c15-7-9-4-5-14(13(6-9)18(19)20)21-8-10-11(16)2-1-3-12(10)17/h1-6H,7-8H2. The Labute approximate surface area is 139 Å². The molecule has 0 saturated heterocycles. The Morgan fingerprint density at radius 2 is 1.86 bits per heavy atom. The van der Waals surface area contributed by atoms with Gasteiger partial charge in [0.15, 0.2) is 5.75 Å². The van der Waals surface area contributed by atoms with Crippen molar-refractivity contribution in [3.8, 4) is 5.75 Å². The van der Waals surface area contributed by atoms with Crippen LogP contribution in [0.1, 0.15) is 11.1 Å². The fraction of sp³-hybridized carbons (Fsp3) is 0.143. The summed E-state index contributed by atoms with van der Waals surface area (Å²) >= 11 is 15.3. The molecule has 7 heteroatoms. The van der Waals surface area contributed by atoms with Gasteiger partial charge in [-0.2, -0.15) is 0 Å². The molecule has 0 bridgehead atoms. The number of rotatable bonds is 5. The summed E-state index contributed by atoms with van der Waals surface area (Å²) in [5.74, 6) is 0.181. The number of nitro benzene ring substituents is 1. The molecule has 0 aliphatic rings. The Morgan fingerprint density at radius 3 is 2.43 bits per heavy atom. The van der Waals surface area contributed by atoms with E-state index in [1.807, 2.05) is 0 Å². The first kappa shape index (κ1) is 16.1. The number of alkyl halides is 1. The van der Waals surface area contributed by atoms with E-state index in [4.69, 9.17) is 27.9 Å². The Morgan fingerprint density at radius 1 is 1.19 bits per heavy atom. The largest absolute Gasteiger partial charge is 0.482 e. The monoisotopic (exact) mass is 389 g/mol. The van der Waals surface area contributed by atoms with Gasteiger partial charge in [-0.25, -0.2) is 0 Å². The molecule has 110 valence electrons. The van der Waals surface area contributed by atoms with Crippen molar-refractivity contribution in [3.05, 3.63) is 67.7 Å². The van der Waals surface area contributed by atoms with Crippen LogP contribution in [0, 0.1) is 10.1 Å². The van der Waals surface area contributed by atoms with Crippen LogP contribution in [-0.2, 0) is 11.9 Å². The van der Waals surface area contributed by atoms with Crippen LogP contribution in [0.5, 0.6) is 5.75 Å². The molecule has 0 amide bonds. The van der Waals surface area contributed by atoms with Crippen molar-refractivity contribution in [2.75, 3.05) is 0 Å². The van der Waals surface area contributed by atoms with Crippen molar-refractivity contribution in [2.45, 2.75) is 11.9 Å². The summed E-state index contributed by atoms with van der Waals surface area (Å²) in [5, 5.41) is 12.5. The molecular weight excluding hydrogens is 381 g/mol. The molecule has 21 heavy (non-hydrogen) atoms. The molecule has 2 rings (SSSR count). The van der Waals surface area contributed by atoms with Gasteiger partial charge < -0.3 is 4.74 Å². The van der Waals surface area contributed by atoms with Crippen molar-refractivity contribution >= 4 is 44.8 Å². The van der Waals surface area contributed by atoms with E-state index in [2.05, 4.69) is 15.9 Å². The Balaban J connectivity index is 2.26. The quantitative estimate of drug-likeness (QED) is 0.391. The van der Waals surface area contributed by atoms with Crippen molar-refractivity contribution in [2.24, 2.45) is 0 Å². The number of benzene rings is 2. The van der Waals surface area contributed by atoms with E-state index in [0.29, 0.717) is 20.9 Å². The van der Waals surface area contributed by atoms with Crippen LogP contribution >= 0.6 is 39.1 Å². The number of hydrogen-bond acceptors (Lipinski definition) is 3. The lowest BCUT2D eigenvalue weighted by Crippen LogP contribution is -2.01. The second kappa shape index (κ2) is 7.11. The molecule has 0 aliphatic carbocycles. The summed E-state index contributed by atoms with van der Waals surface area (Å²) in [4.78, 5) is 10.6. The van der Waals surface area contributed by atoms with E-state index in [9.17, 15) is 10.1 Å². The summed E-state index contributed by atoms with van der Waals surface area (Å²) in [6.07, 6.45) is 0. The summed E-state index contributed by atoms with van der Waals surface area (Å²) < 4.78 is 5.52.